The van der Waals surface area contributed by atoms with E-state index in [1.165, 1.54) is 5.56 Å². The smallest absolute Gasteiger partial charge is 0.251 e. The van der Waals surface area contributed by atoms with Crippen molar-refractivity contribution in [1.82, 2.24) is 5.32 Å². The monoisotopic (exact) mass is 311 g/mol. The highest BCUT2D eigenvalue weighted by molar-refractivity contribution is 5.94. The Hall–Kier alpha value is -2.49. The van der Waals surface area contributed by atoms with Crippen LogP contribution in [-0.4, -0.2) is 26.7 Å². The third kappa shape index (κ3) is 3.31. The number of amides is 1. The van der Waals surface area contributed by atoms with Crippen LogP contribution in [0, 0.1) is 5.92 Å². The van der Waals surface area contributed by atoms with Crippen LogP contribution in [0.3, 0.4) is 0 Å². The lowest BCUT2D eigenvalue weighted by Gasteiger charge is -2.26. The second-order valence-electron chi connectivity index (χ2n) is 5.81. The summed E-state index contributed by atoms with van der Waals surface area (Å²) in [6, 6.07) is 13.8. The van der Waals surface area contributed by atoms with Gasteiger partial charge in [0, 0.05) is 18.5 Å². The van der Waals surface area contributed by atoms with Crippen molar-refractivity contribution in [2.45, 2.75) is 12.8 Å². The van der Waals surface area contributed by atoms with Crippen molar-refractivity contribution in [3.63, 3.8) is 0 Å². The number of carbonyl (C=O) groups excluding carboxylic acids is 1. The number of methoxy groups -OCH3 is 1. The molecule has 4 heteroatoms. The third-order valence-electron chi connectivity index (χ3n) is 4.19. The summed E-state index contributed by atoms with van der Waals surface area (Å²) in [6.07, 6.45) is 1.85. The largest absolute Gasteiger partial charge is 0.493 e. The average molecular weight is 311 g/mol. The summed E-state index contributed by atoms with van der Waals surface area (Å²) < 4.78 is 11.3. The molecule has 1 aliphatic heterocycles. The summed E-state index contributed by atoms with van der Waals surface area (Å²) in [4.78, 5) is 11.7. The lowest BCUT2D eigenvalue weighted by atomic mass is 9.90. The van der Waals surface area contributed by atoms with Crippen LogP contribution in [0.1, 0.15) is 21.5 Å². The van der Waals surface area contributed by atoms with Crippen LogP contribution in [0.4, 0.5) is 0 Å². The molecule has 2 aromatic carbocycles. The number of carbonyl (C=O) groups is 1. The average Bonchev–Trinajstić information content (AvgIpc) is 2.60. The molecule has 120 valence electrons. The Morgan fingerprint density at radius 2 is 2.13 bits per heavy atom. The molecular weight excluding hydrogens is 290 g/mol. The maximum absolute atomic E-state index is 11.7. The Bertz CT molecular complexity index is 712. The van der Waals surface area contributed by atoms with Crippen LogP contribution in [0.5, 0.6) is 11.5 Å². The molecule has 0 saturated heterocycles. The Labute approximate surface area is 136 Å². The first-order chi connectivity index (χ1) is 11.2. The van der Waals surface area contributed by atoms with E-state index in [1.54, 1.807) is 14.2 Å². The molecule has 1 atom stereocenters. The summed E-state index contributed by atoms with van der Waals surface area (Å²) in [5, 5.41) is 2.66. The minimum Gasteiger partial charge on any atom is -0.493 e. The fraction of sp³-hybridized carbons (Fsp3) is 0.316. The van der Waals surface area contributed by atoms with Crippen molar-refractivity contribution < 1.29 is 14.3 Å². The SMILES string of the molecule is CNC(=O)c1cccc(C[C@@H]2COc3c(cccc3OC)C2)c1. The summed E-state index contributed by atoms with van der Waals surface area (Å²) in [5.74, 6) is 2.00. The van der Waals surface area contributed by atoms with Gasteiger partial charge in [-0.3, -0.25) is 4.79 Å². The molecule has 1 aliphatic rings. The molecule has 0 spiro atoms. The maximum atomic E-state index is 11.7. The highest BCUT2D eigenvalue weighted by atomic mass is 16.5. The second kappa shape index (κ2) is 6.73. The lowest BCUT2D eigenvalue weighted by molar-refractivity contribution is 0.0963. The van der Waals surface area contributed by atoms with Gasteiger partial charge in [0.2, 0.25) is 0 Å². The molecule has 0 aromatic heterocycles. The molecule has 23 heavy (non-hydrogen) atoms. The van der Waals surface area contributed by atoms with E-state index in [1.807, 2.05) is 30.3 Å². The van der Waals surface area contributed by atoms with Gasteiger partial charge in [-0.2, -0.15) is 0 Å². The van der Waals surface area contributed by atoms with Crippen molar-refractivity contribution in [1.29, 1.82) is 0 Å². The number of para-hydroxylation sites is 1. The van der Waals surface area contributed by atoms with Crippen molar-refractivity contribution >= 4 is 5.91 Å². The molecule has 0 fully saturated rings. The molecule has 0 unspecified atom stereocenters. The quantitative estimate of drug-likeness (QED) is 0.944. The number of rotatable bonds is 4. The summed E-state index contributed by atoms with van der Waals surface area (Å²) in [7, 11) is 3.31. The predicted molar refractivity (Wildman–Crippen MR) is 89.2 cm³/mol. The van der Waals surface area contributed by atoms with Crippen molar-refractivity contribution in [2.75, 3.05) is 20.8 Å². The Balaban J connectivity index is 1.74. The van der Waals surface area contributed by atoms with E-state index in [2.05, 4.69) is 17.4 Å². The van der Waals surface area contributed by atoms with Gasteiger partial charge in [-0.25, -0.2) is 0 Å². The first-order valence-corrected chi connectivity index (χ1v) is 7.81. The maximum Gasteiger partial charge on any atom is 0.251 e. The minimum atomic E-state index is -0.0539. The van der Waals surface area contributed by atoms with Crippen LogP contribution in [-0.2, 0) is 12.8 Å². The molecule has 3 rings (SSSR count). The van der Waals surface area contributed by atoms with Gasteiger partial charge < -0.3 is 14.8 Å². The van der Waals surface area contributed by atoms with Crippen molar-refractivity contribution in [3.8, 4) is 11.5 Å². The number of fused-ring (bicyclic) bond motifs is 1. The molecule has 4 nitrogen and oxygen atoms in total. The topological polar surface area (TPSA) is 47.6 Å². The lowest BCUT2D eigenvalue weighted by Crippen LogP contribution is -2.23. The van der Waals surface area contributed by atoms with Crippen LogP contribution >= 0.6 is 0 Å². The van der Waals surface area contributed by atoms with E-state index >= 15 is 0 Å². The van der Waals surface area contributed by atoms with Gasteiger partial charge in [0.05, 0.1) is 13.7 Å². The van der Waals surface area contributed by atoms with Gasteiger partial charge in [-0.05, 0) is 42.2 Å². The number of hydrogen-bond acceptors (Lipinski definition) is 3. The molecule has 1 amide bonds. The zero-order chi connectivity index (χ0) is 16.2. The Morgan fingerprint density at radius 1 is 1.30 bits per heavy atom. The standard InChI is InChI=1S/C19H21NO3/c1-20-19(21)16-7-3-5-13(10-16)9-14-11-15-6-4-8-17(22-2)18(15)23-12-14/h3-8,10,14H,9,11-12H2,1-2H3,(H,20,21)/t14-/m0/s1. The Morgan fingerprint density at radius 3 is 2.91 bits per heavy atom. The molecule has 1 N–H and O–H groups in total. The molecule has 0 aliphatic carbocycles. The first kappa shape index (κ1) is 15.4. The van der Waals surface area contributed by atoms with Gasteiger partial charge in [0.1, 0.15) is 0 Å². The van der Waals surface area contributed by atoms with Gasteiger partial charge in [-0.15, -0.1) is 0 Å². The van der Waals surface area contributed by atoms with Crippen LogP contribution < -0.4 is 14.8 Å². The predicted octanol–water partition coefficient (Wildman–Crippen LogP) is 2.85. The van der Waals surface area contributed by atoms with Crippen molar-refractivity contribution in [3.05, 3.63) is 59.2 Å². The molecule has 0 saturated carbocycles. The molecule has 0 radical (unpaired) electrons. The minimum absolute atomic E-state index is 0.0539. The fourth-order valence-corrected chi connectivity index (χ4v) is 3.07. The molecule has 2 aromatic rings. The first-order valence-electron chi connectivity index (χ1n) is 7.81. The van der Waals surface area contributed by atoms with Crippen molar-refractivity contribution in [2.24, 2.45) is 5.92 Å². The number of nitrogens with one attached hydrogen (secondary N) is 1. The van der Waals surface area contributed by atoms with Crippen LogP contribution in [0.25, 0.3) is 0 Å². The molecule has 0 bridgehead atoms. The molecule has 1 heterocycles. The normalized spacial score (nSPS) is 16.2. The van der Waals surface area contributed by atoms with Gasteiger partial charge in [0.15, 0.2) is 11.5 Å². The van der Waals surface area contributed by atoms with E-state index in [9.17, 15) is 4.79 Å². The van der Waals surface area contributed by atoms with Gasteiger partial charge in [-0.1, -0.05) is 24.3 Å². The summed E-state index contributed by atoms with van der Waals surface area (Å²) >= 11 is 0. The fourth-order valence-electron chi connectivity index (χ4n) is 3.07. The number of hydrogen-bond donors (Lipinski definition) is 1. The number of ether oxygens (including phenoxy) is 2. The van der Waals surface area contributed by atoms with E-state index in [0.29, 0.717) is 18.1 Å². The highest BCUT2D eigenvalue weighted by Crippen LogP contribution is 2.36. The Kier molecular flexibility index (Phi) is 4.51. The van der Waals surface area contributed by atoms with Crippen LogP contribution in [0.15, 0.2) is 42.5 Å². The molecular formula is C19H21NO3. The summed E-state index contributed by atoms with van der Waals surface area (Å²) in [6.45, 7) is 0.664. The highest BCUT2D eigenvalue weighted by Gasteiger charge is 2.23. The summed E-state index contributed by atoms with van der Waals surface area (Å²) in [5.41, 5.74) is 3.04. The third-order valence-corrected chi connectivity index (χ3v) is 4.19. The van der Waals surface area contributed by atoms with Gasteiger partial charge >= 0.3 is 0 Å². The van der Waals surface area contributed by atoms with E-state index < -0.39 is 0 Å². The van der Waals surface area contributed by atoms with E-state index in [4.69, 9.17) is 9.47 Å². The zero-order valence-corrected chi connectivity index (χ0v) is 13.5. The van der Waals surface area contributed by atoms with E-state index in [-0.39, 0.29) is 5.91 Å². The van der Waals surface area contributed by atoms with Gasteiger partial charge in [0.25, 0.3) is 5.91 Å². The number of benzene rings is 2. The zero-order valence-electron chi connectivity index (χ0n) is 13.5. The second-order valence-corrected chi connectivity index (χ2v) is 5.81. The van der Waals surface area contributed by atoms with Crippen LogP contribution in [0.2, 0.25) is 0 Å². The van der Waals surface area contributed by atoms with E-state index in [0.717, 1.165) is 29.9 Å².